The Morgan fingerprint density at radius 3 is 2.69 bits per heavy atom. The molecular formula is C10H18N2S. The highest BCUT2D eigenvalue weighted by Crippen LogP contribution is 2.22. The molecule has 0 aromatic carbocycles. The van der Waals surface area contributed by atoms with Crippen molar-refractivity contribution >= 4 is 16.5 Å². The minimum Gasteiger partial charge on any atom is -0.351 e. The number of rotatable bonds is 4. The van der Waals surface area contributed by atoms with Crippen LogP contribution < -0.4 is 4.90 Å². The highest BCUT2D eigenvalue weighted by atomic mass is 32.1. The molecule has 1 heterocycles. The van der Waals surface area contributed by atoms with Crippen LogP contribution in [0.4, 0.5) is 5.13 Å². The predicted octanol–water partition coefficient (Wildman–Crippen LogP) is 2.80. The van der Waals surface area contributed by atoms with Gasteiger partial charge in [-0.15, -0.1) is 11.3 Å². The van der Waals surface area contributed by atoms with Crippen LogP contribution in [-0.2, 0) is 6.42 Å². The van der Waals surface area contributed by atoms with Crippen LogP contribution in [0, 0.1) is 5.92 Å². The molecule has 0 radical (unpaired) electrons. The summed E-state index contributed by atoms with van der Waals surface area (Å²) in [4.78, 5) is 7.98. The van der Waals surface area contributed by atoms with Crippen LogP contribution in [0.2, 0.25) is 0 Å². The molecule has 0 bridgehead atoms. The standard InChI is InChI=1S/C10H18N2S/c1-5-9-6-11-10(13-9)12(4)7-8(2)3/h6,8H,5,7H2,1-4H3. The summed E-state index contributed by atoms with van der Waals surface area (Å²) in [5.41, 5.74) is 0. The van der Waals surface area contributed by atoms with E-state index in [-0.39, 0.29) is 0 Å². The maximum atomic E-state index is 4.38. The lowest BCUT2D eigenvalue weighted by Gasteiger charge is -2.17. The van der Waals surface area contributed by atoms with E-state index in [0.717, 1.165) is 18.1 Å². The summed E-state index contributed by atoms with van der Waals surface area (Å²) in [6.45, 7) is 7.70. The van der Waals surface area contributed by atoms with Gasteiger partial charge in [-0.3, -0.25) is 0 Å². The Morgan fingerprint density at radius 2 is 2.23 bits per heavy atom. The molecule has 0 aliphatic rings. The van der Waals surface area contributed by atoms with E-state index in [1.165, 1.54) is 4.88 Å². The molecule has 1 aromatic rings. The highest BCUT2D eigenvalue weighted by Gasteiger charge is 2.07. The Hall–Kier alpha value is -0.570. The van der Waals surface area contributed by atoms with Crippen LogP contribution >= 0.6 is 11.3 Å². The van der Waals surface area contributed by atoms with Gasteiger partial charge in [-0.2, -0.15) is 0 Å². The summed E-state index contributed by atoms with van der Waals surface area (Å²) in [6.07, 6.45) is 3.07. The largest absolute Gasteiger partial charge is 0.351 e. The van der Waals surface area contributed by atoms with E-state index >= 15 is 0 Å². The first kappa shape index (κ1) is 10.5. The number of aromatic nitrogens is 1. The van der Waals surface area contributed by atoms with Crippen LogP contribution in [0.5, 0.6) is 0 Å². The minimum absolute atomic E-state index is 0.693. The van der Waals surface area contributed by atoms with E-state index in [4.69, 9.17) is 0 Å². The average Bonchev–Trinajstić information content (AvgIpc) is 2.50. The molecule has 0 amide bonds. The molecule has 74 valence electrons. The zero-order chi connectivity index (χ0) is 9.84. The third kappa shape index (κ3) is 2.99. The van der Waals surface area contributed by atoms with Gasteiger partial charge in [0.25, 0.3) is 0 Å². The van der Waals surface area contributed by atoms with Gasteiger partial charge in [0.1, 0.15) is 0 Å². The topological polar surface area (TPSA) is 16.1 Å². The highest BCUT2D eigenvalue weighted by molar-refractivity contribution is 7.15. The number of anilines is 1. The van der Waals surface area contributed by atoms with E-state index in [2.05, 4.69) is 37.7 Å². The molecule has 0 fully saturated rings. The van der Waals surface area contributed by atoms with Gasteiger partial charge in [0, 0.05) is 24.7 Å². The number of aryl methyl sites for hydroxylation is 1. The lowest BCUT2D eigenvalue weighted by atomic mass is 10.2. The lowest BCUT2D eigenvalue weighted by Crippen LogP contribution is -2.22. The molecule has 0 aliphatic heterocycles. The zero-order valence-corrected chi connectivity index (χ0v) is 9.69. The molecule has 0 spiro atoms. The van der Waals surface area contributed by atoms with Crippen molar-refractivity contribution in [1.29, 1.82) is 0 Å². The maximum Gasteiger partial charge on any atom is 0.185 e. The molecule has 0 unspecified atom stereocenters. The minimum atomic E-state index is 0.693. The average molecular weight is 198 g/mol. The normalized spacial score (nSPS) is 10.8. The van der Waals surface area contributed by atoms with Crippen molar-refractivity contribution in [2.24, 2.45) is 5.92 Å². The van der Waals surface area contributed by atoms with Gasteiger partial charge in [0.15, 0.2) is 5.13 Å². The summed E-state index contributed by atoms with van der Waals surface area (Å²) in [6, 6.07) is 0. The van der Waals surface area contributed by atoms with Gasteiger partial charge in [-0.1, -0.05) is 20.8 Å². The van der Waals surface area contributed by atoms with Crippen LogP contribution in [0.15, 0.2) is 6.20 Å². The molecule has 0 N–H and O–H groups in total. The molecule has 2 nitrogen and oxygen atoms in total. The van der Waals surface area contributed by atoms with Gasteiger partial charge >= 0.3 is 0 Å². The second-order valence-electron chi connectivity index (χ2n) is 3.74. The molecule has 0 saturated heterocycles. The Kier molecular flexibility index (Phi) is 3.72. The monoisotopic (exact) mass is 198 g/mol. The summed E-state index contributed by atoms with van der Waals surface area (Å²) in [7, 11) is 2.11. The smallest absolute Gasteiger partial charge is 0.185 e. The number of nitrogens with zero attached hydrogens (tertiary/aromatic N) is 2. The number of thiazole rings is 1. The van der Waals surface area contributed by atoms with Crippen molar-refractivity contribution in [1.82, 2.24) is 4.98 Å². The van der Waals surface area contributed by atoms with Crippen molar-refractivity contribution in [3.8, 4) is 0 Å². The van der Waals surface area contributed by atoms with Crippen LogP contribution in [0.25, 0.3) is 0 Å². The summed E-state index contributed by atoms with van der Waals surface area (Å²) < 4.78 is 0. The van der Waals surface area contributed by atoms with E-state index in [0.29, 0.717) is 5.92 Å². The maximum absolute atomic E-state index is 4.38. The molecule has 0 saturated carbocycles. The van der Waals surface area contributed by atoms with E-state index in [9.17, 15) is 0 Å². The number of hydrogen-bond acceptors (Lipinski definition) is 3. The second-order valence-corrected chi connectivity index (χ2v) is 4.83. The van der Waals surface area contributed by atoms with Crippen molar-refractivity contribution in [3.63, 3.8) is 0 Å². The van der Waals surface area contributed by atoms with Gasteiger partial charge in [0.2, 0.25) is 0 Å². The fraction of sp³-hybridized carbons (Fsp3) is 0.700. The molecular weight excluding hydrogens is 180 g/mol. The van der Waals surface area contributed by atoms with Gasteiger partial charge in [-0.05, 0) is 12.3 Å². The van der Waals surface area contributed by atoms with Crippen molar-refractivity contribution < 1.29 is 0 Å². The number of hydrogen-bond donors (Lipinski definition) is 0. The van der Waals surface area contributed by atoms with Crippen molar-refractivity contribution in [2.75, 3.05) is 18.5 Å². The summed E-state index contributed by atoms with van der Waals surface area (Å²) >= 11 is 1.80. The van der Waals surface area contributed by atoms with E-state index in [1.54, 1.807) is 11.3 Å². The second kappa shape index (κ2) is 4.61. The van der Waals surface area contributed by atoms with Gasteiger partial charge < -0.3 is 4.90 Å². The third-order valence-corrected chi connectivity index (χ3v) is 3.11. The fourth-order valence-electron chi connectivity index (χ4n) is 1.26. The third-order valence-electron chi connectivity index (χ3n) is 1.86. The SMILES string of the molecule is CCc1cnc(N(C)CC(C)C)s1. The van der Waals surface area contributed by atoms with Gasteiger partial charge in [-0.25, -0.2) is 4.98 Å². The summed E-state index contributed by atoms with van der Waals surface area (Å²) in [5.74, 6) is 0.693. The van der Waals surface area contributed by atoms with Crippen molar-refractivity contribution in [2.45, 2.75) is 27.2 Å². The first-order valence-corrected chi connectivity index (χ1v) is 5.61. The first-order chi connectivity index (χ1) is 6.13. The molecule has 3 heteroatoms. The van der Waals surface area contributed by atoms with Crippen LogP contribution in [-0.4, -0.2) is 18.6 Å². The van der Waals surface area contributed by atoms with Gasteiger partial charge in [0.05, 0.1) is 0 Å². The Labute approximate surface area is 84.6 Å². The first-order valence-electron chi connectivity index (χ1n) is 4.79. The molecule has 0 atom stereocenters. The Balaban J connectivity index is 2.60. The predicted molar refractivity (Wildman–Crippen MR) is 59.6 cm³/mol. The Morgan fingerprint density at radius 1 is 1.54 bits per heavy atom. The van der Waals surface area contributed by atoms with E-state index < -0.39 is 0 Å². The zero-order valence-electron chi connectivity index (χ0n) is 8.87. The fourth-order valence-corrected chi connectivity index (χ4v) is 2.08. The molecule has 1 rings (SSSR count). The molecule has 1 aromatic heterocycles. The Bertz CT molecular complexity index is 255. The van der Waals surface area contributed by atoms with Crippen LogP contribution in [0.1, 0.15) is 25.6 Å². The van der Waals surface area contributed by atoms with Crippen molar-refractivity contribution in [3.05, 3.63) is 11.1 Å². The lowest BCUT2D eigenvalue weighted by molar-refractivity contribution is 0.637. The molecule has 0 aliphatic carbocycles. The quantitative estimate of drug-likeness (QED) is 0.739. The van der Waals surface area contributed by atoms with Crippen LogP contribution in [0.3, 0.4) is 0 Å². The van der Waals surface area contributed by atoms with E-state index in [1.807, 2.05) is 6.20 Å². The summed E-state index contributed by atoms with van der Waals surface area (Å²) in [5, 5.41) is 1.14. The molecule has 13 heavy (non-hydrogen) atoms.